The molecule has 1 saturated heterocycles. The van der Waals surface area contributed by atoms with Gasteiger partial charge in [0.2, 0.25) is 11.7 Å². The summed E-state index contributed by atoms with van der Waals surface area (Å²) in [6, 6.07) is 3.84. The minimum atomic E-state index is 0.0768. The van der Waals surface area contributed by atoms with Gasteiger partial charge in [-0.1, -0.05) is 11.6 Å². The molecule has 2 fully saturated rings. The summed E-state index contributed by atoms with van der Waals surface area (Å²) in [6.07, 6.45) is 7.19. The van der Waals surface area contributed by atoms with Gasteiger partial charge in [0.25, 0.3) is 0 Å². The molecule has 5 heteroatoms. The highest BCUT2D eigenvalue weighted by molar-refractivity contribution is 5.52. The van der Waals surface area contributed by atoms with Crippen LogP contribution in [0.1, 0.15) is 25.2 Å². The molecule has 2 atom stereocenters. The van der Waals surface area contributed by atoms with Gasteiger partial charge in [0.15, 0.2) is 0 Å². The molecule has 0 bridgehead atoms. The van der Waals surface area contributed by atoms with Gasteiger partial charge in [0.05, 0.1) is 5.41 Å². The largest absolute Gasteiger partial charge is 0.338 e. The summed E-state index contributed by atoms with van der Waals surface area (Å²) in [5.74, 6) is 2.10. The zero-order chi connectivity index (χ0) is 12.7. The highest BCUT2D eigenvalue weighted by Gasteiger charge is 2.51. The fourth-order valence-electron chi connectivity index (χ4n) is 3.54. The standard InChI is InChI=1S/C14H16N4O/c1-4-11-8-16-9-14(11,5-1)13-17-12(18-19-13)10-3-2-6-15-7-10/h2-3,6-7,11,16H,1,4-5,8-9H2/t11-,14-/m1/s1. The first-order chi connectivity index (χ1) is 9.38. The number of nitrogens with zero attached hydrogens (tertiary/aromatic N) is 3. The molecule has 1 N–H and O–H groups in total. The molecule has 5 nitrogen and oxygen atoms in total. The predicted octanol–water partition coefficient (Wildman–Crippen LogP) is 1.77. The number of rotatable bonds is 2. The maximum absolute atomic E-state index is 5.58. The molecule has 0 radical (unpaired) electrons. The second-order valence-electron chi connectivity index (χ2n) is 5.54. The molecule has 98 valence electrons. The summed E-state index contributed by atoms with van der Waals surface area (Å²) < 4.78 is 5.58. The second-order valence-corrected chi connectivity index (χ2v) is 5.54. The Hall–Kier alpha value is -1.75. The molecular formula is C14H16N4O. The fourth-order valence-corrected chi connectivity index (χ4v) is 3.54. The third kappa shape index (κ3) is 1.61. The van der Waals surface area contributed by atoms with Crippen molar-refractivity contribution in [3.05, 3.63) is 30.4 Å². The van der Waals surface area contributed by atoms with Crippen molar-refractivity contribution in [1.82, 2.24) is 20.4 Å². The summed E-state index contributed by atoms with van der Waals surface area (Å²) in [5.41, 5.74) is 0.988. The first kappa shape index (κ1) is 11.1. The van der Waals surface area contributed by atoms with Crippen molar-refractivity contribution < 1.29 is 4.52 Å². The summed E-state index contributed by atoms with van der Waals surface area (Å²) >= 11 is 0. The zero-order valence-electron chi connectivity index (χ0n) is 10.7. The first-order valence-corrected chi connectivity index (χ1v) is 6.84. The highest BCUT2D eigenvalue weighted by atomic mass is 16.5. The van der Waals surface area contributed by atoms with Crippen molar-refractivity contribution >= 4 is 0 Å². The molecule has 4 rings (SSSR count). The van der Waals surface area contributed by atoms with Crippen LogP contribution in [0.4, 0.5) is 0 Å². The molecular weight excluding hydrogens is 240 g/mol. The SMILES string of the molecule is c1cncc(-c2noc([C@@]34CCC[C@@H]3CNC4)n2)c1. The van der Waals surface area contributed by atoms with Gasteiger partial charge in [-0.2, -0.15) is 4.98 Å². The van der Waals surface area contributed by atoms with E-state index in [2.05, 4.69) is 20.4 Å². The van der Waals surface area contributed by atoms with Gasteiger partial charge in [-0.25, -0.2) is 0 Å². The topological polar surface area (TPSA) is 63.8 Å². The van der Waals surface area contributed by atoms with Crippen LogP contribution in [0, 0.1) is 5.92 Å². The van der Waals surface area contributed by atoms with Crippen molar-refractivity contribution in [3.63, 3.8) is 0 Å². The normalized spacial score (nSPS) is 29.6. The molecule has 0 amide bonds. The van der Waals surface area contributed by atoms with E-state index in [1.54, 1.807) is 12.4 Å². The smallest absolute Gasteiger partial charge is 0.234 e. The third-order valence-electron chi connectivity index (χ3n) is 4.56. The van der Waals surface area contributed by atoms with Crippen molar-refractivity contribution in [2.24, 2.45) is 5.92 Å². The molecule has 0 unspecified atom stereocenters. The predicted molar refractivity (Wildman–Crippen MR) is 69.4 cm³/mol. The van der Waals surface area contributed by atoms with Gasteiger partial charge in [0, 0.05) is 24.5 Å². The highest BCUT2D eigenvalue weighted by Crippen LogP contribution is 2.47. The second kappa shape index (κ2) is 4.13. The Bertz CT molecular complexity index is 570. The molecule has 1 aliphatic carbocycles. The van der Waals surface area contributed by atoms with E-state index in [0.717, 1.165) is 31.0 Å². The quantitative estimate of drug-likeness (QED) is 0.887. The molecule has 2 aliphatic rings. The van der Waals surface area contributed by atoms with Crippen LogP contribution in [0.3, 0.4) is 0 Å². The van der Waals surface area contributed by atoms with E-state index in [0.29, 0.717) is 11.7 Å². The van der Waals surface area contributed by atoms with E-state index in [9.17, 15) is 0 Å². The van der Waals surface area contributed by atoms with E-state index in [-0.39, 0.29) is 5.41 Å². The van der Waals surface area contributed by atoms with E-state index in [1.165, 1.54) is 12.8 Å². The third-order valence-corrected chi connectivity index (χ3v) is 4.56. The monoisotopic (exact) mass is 256 g/mol. The minimum absolute atomic E-state index is 0.0768. The van der Waals surface area contributed by atoms with Gasteiger partial charge < -0.3 is 9.84 Å². The van der Waals surface area contributed by atoms with Crippen molar-refractivity contribution in [3.8, 4) is 11.4 Å². The molecule has 0 aromatic carbocycles. The van der Waals surface area contributed by atoms with Crippen LogP contribution in [0.2, 0.25) is 0 Å². The lowest BCUT2D eigenvalue weighted by Crippen LogP contribution is -2.31. The summed E-state index contributed by atoms with van der Waals surface area (Å²) in [7, 11) is 0. The average molecular weight is 256 g/mol. The van der Waals surface area contributed by atoms with Crippen LogP contribution in [-0.2, 0) is 5.41 Å². The van der Waals surface area contributed by atoms with Gasteiger partial charge in [-0.3, -0.25) is 4.98 Å². The first-order valence-electron chi connectivity index (χ1n) is 6.84. The molecule has 2 aromatic heterocycles. The van der Waals surface area contributed by atoms with Gasteiger partial charge in [-0.15, -0.1) is 0 Å². The van der Waals surface area contributed by atoms with Crippen LogP contribution in [-0.4, -0.2) is 28.2 Å². The van der Waals surface area contributed by atoms with Crippen molar-refractivity contribution in [2.75, 3.05) is 13.1 Å². The lowest BCUT2D eigenvalue weighted by molar-refractivity contribution is 0.265. The fraction of sp³-hybridized carbons (Fsp3) is 0.500. The van der Waals surface area contributed by atoms with Gasteiger partial charge in [0.1, 0.15) is 0 Å². The van der Waals surface area contributed by atoms with Crippen molar-refractivity contribution in [2.45, 2.75) is 24.7 Å². The van der Waals surface area contributed by atoms with E-state index < -0.39 is 0 Å². The summed E-state index contributed by atoms with van der Waals surface area (Å²) in [4.78, 5) is 8.74. The number of hydrogen-bond donors (Lipinski definition) is 1. The Morgan fingerprint density at radius 1 is 1.42 bits per heavy atom. The van der Waals surface area contributed by atoms with Crippen LogP contribution in [0.5, 0.6) is 0 Å². The van der Waals surface area contributed by atoms with Crippen LogP contribution >= 0.6 is 0 Å². The Kier molecular flexibility index (Phi) is 2.41. The van der Waals surface area contributed by atoms with Gasteiger partial charge >= 0.3 is 0 Å². The molecule has 1 aliphatic heterocycles. The minimum Gasteiger partial charge on any atom is -0.338 e. The lowest BCUT2D eigenvalue weighted by Gasteiger charge is -2.22. The van der Waals surface area contributed by atoms with Gasteiger partial charge in [-0.05, 0) is 37.4 Å². The summed E-state index contributed by atoms with van der Waals surface area (Å²) in [6.45, 7) is 2.04. The Balaban J connectivity index is 1.72. The van der Waals surface area contributed by atoms with Crippen LogP contribution < -0.4 is 5.32 Å². The molecule has 2 aromatic rings. The maximum Gasteiger partial charge on any atom is 0.234 e. The van der Waals surface area contributed by atoms with Crippen molar-refractivity contribution in [1.29, 1.82) is 0 Å². The van der Waals surface area contributed by atoms with E-state index >= 15 is 0 Å². The Morgan fingerprint density at radius 3 is 3.32 bits per heavy atom. The molecule has 1 saturated carbocycles. The molecule has 3 heterocycles. The number of nitrogens with one attached hydrogen (secondary N) is 1. The molecule has 0 spiro atoms. The number of hydrogen-bond acceptors (Lipinski definition) is 5. The van der Waals surface area contributed by atoms with Crippen LogP contribution in [0.15, 0.2) is 29.0 Å². The van der Waals surface area contributed by atoms with E-state index in [4.69, 9.17) is 4.52 Å². The zero-order valence-corrected chi connectivity index (χ0v) is 10.7. The Morgan fingerprint density at radius 2 is 2.42 bits per heavy atom. The molecule has 19 heavy (non-hydrogen) atoms. The maximum atomic E-state index is 5.58. The number of fused-ring (bicyclic) bond motifs is 1. The number of aromatic nitrogens is 3. The lowest BCUT2D eigenvalue weighted by atomic mass is 9.80. The Labute approximate surface area is 111 Å². The van der Waals surface area contributed by atoms with Crippen LogP contribution in [0.25, 0.3) is 11.4 Å². The number of pyridine rings is 1. The summed E-state index contributed by atoms with van der Waals surface area (Å²) in [5, 5.41) is 7.60. The van der Waals surface area contributed by atoms with E-state index in [1.807, 2.05) is 12.1 Å². The average Bonchev–Trinajstić information content (AvgIpc) is 3.14.